The lowest BCUT2D eigenvalue weighted by Crippen LogP contribution is -2.41. The predicted molar refractivity (Wildman–Crippen MR) is 92.4 cm³/mol. The Bertz CT molecular complexity index is 756. The molecule has 23 heavy (non-hydrogen) atoms. The minimum Gasteiger partial charge on any atom is -0.493 e. The molecule has 0 saturated heterocycles. The Balaban J connectivity index is 2.38. The van der Waals surface area contributed by atoms with Gasteiger partial charge in [-0.15, -0.1) is 0 Å². The average Bonchev–Trinajstić information content (AvgIpc) is 2.51. The molecule has 1 aromatic carbocycles. The van der Waals surface area contributed by atoms with E-state index in [1.807, 2.05) is 24.6 Å². The van der Waals surface area contributed by atoms with Gasteiger partial charge >= 0.3 is 0 Å². The van der Waals surface area contributed by atoms with Crippen LogP contribution < -0.4 is 14.0 Å². The molecule has 0 atom stereocenters. The second kappa shape index (κ2) is 7.13. The van der Waals surface area contributed by atoms with Crippen molar-refractivity contribution in [2.75, 3.05) is 14.2 Å². The van der Waals surface area contributed by atoms with E-state index >= 15 is 0 Å². The zero-order valence-corrected chi connectivity index (χ0v) is 15.7. The van der Waals surface area contributed by atoms with Crippen LogP contribution in [0, 0.1) is 20.8 Å². The summed E-state index contributed by atoms with van der Waals surface area (Å²) in [5.41, 5.74) is 3.96. The average molecular weight is 379 g/mol. The largest absolute Gasteiger partial charge is 0.493 e. The van der Waals surface area contributed by atoms with E-state index in [0.29, 0.717) is 21.5 Å². The van der Waals surface area contributed by atoms with Crippen molar-refractivity contribution in [1.29, 1.82) is 0 Å². The molecule has 1 aromatic heterocycles. The van der Waals surface area contributed by atoms with Gasteiger partial charge in [0.2, 0.25) is 12.3 Å². The maximum Gasteiger partial charge on any atom is 0.228 e. The molecule has 0 saturated carbocycles. The van der Waals surface area contributed by atoms with Crippen molar-refractivity contribution in [2.45, 2.75) is 27.3 Å². The van der Waals surface area contributed by atoms with Crippen LogP contribution in [-0.4, -0.2) is 20.0 Å². The first-order valence-electron chi connectivity index (χ1n) is 7.29. The van der Waals surface area contributed by atoms with Crippen molar-refractivity contribution in [2.24, 2.45) is 0 Å². The number of ketones is 1. The van der Waals surface area contributed by atoms with Gasteiger partial charge in [-0.2, -0.15) is 4.57 Å². The number of pyridine rings is 1. The van der Waals surface area contributed by atoms with Crippen molar-refractivity contribution in [3.05, 3.63) is 51.3 Å². The molecule has 0 unspecified atom stereocenters. The molecule has 0 spiro atoms. The van der Waals surface area contributed by atoms with Crippen molar-refractivity contribution >= 4 is 21.7 Å². The Labute approximate surface area is 145 Å². The normalized spacial score (nSPS) is 10.5. The second-order valence-corrected chi connectivity index (χ2v) is 6.38. The highest BCUT2D eigenvalue weighted by molar-refractivity contribution is 9.10. The number of aromatic nitrogens is 1. The minimum absolute atomic E-state index is 0.0101. The Morgan fingerprint density at radius 3 is 2.30 bits per heavy atom. The number of hydrogen-bond acceptors (Lipinski definition) is 3. The molecule has 0 N–H and O–H groups in total. The summed E-state index contributed by atoms with van der Waals surface area (Å²) < 4.78 is 13.2. The van der Waals surface area contributed by atoms with Crippen LogP contribution in [0.2, 0.25) is 0 Å². The highest BCUT2D eigenvalue weighted by Crippen LogP contribution is 2.33. The molecule has 4 nitrogen and oxygen atoms in total. The third-order valence-electron chi connectivity index (χ3n) is 3.89. The number of Topliss-reactive ketones (excluding diaryl/α,β-unsaturated/α-hetero) is 1. The molecule has 0 bridgehead atoms. The van der Waals surface area contributed by atoms with Crippen LogP contribution in [0.15, 0.2) is 28.9 Å². The number of methoxy groups -OCH3 is 2. The molecule has 0 aliphatic carbocycles. The van der Waals surface area contributed by atoms with Crippen LogP contribution in [0.5, 0.6) is 11.5 Å². The van der Waals surface area contributed by atoms with Crippen LogP contribution in [0.1, 0.15) is 27.2 Å². The fourth-order valence-electron chi connectivity index (χ4n) is 2.52. The monoisotopic (exact) mass is 378 g/mol. The number of rotatable bonds is 5. The zero-order chi connectivity index (χ0) is 17.1. The quantitative estimate of drug-likeness (QED) is 0.589. The smallest absolute Gasteiger partial charge is 0.228 e. The molecule has 122 valence electrons. The number of hydrogen-bond donors (Lipinski definition) is 0. The van der Waals surface area contributed by atoms with Gasteiger partial charge in [-0.1, -0.05) is 0 Å². The molecular formula is C18H21BrNO3+. The topological polar surface area (TPSA) is 39.4 Å². The van der Waals surface area contributed by atoms with Crippen LogP contribution in [0.3, 0.4) is 0 Å². The van der Waals surface area contributed by atoms with E-state index in [9.17, 15) is 4.79 Å². The van der Waals surface area contributed by atoms with Crippen molar-refractivity contribution in [1.82, 2.24) is 0 Å². The highest BCUT2D eigenvalue weighted by atomic mass is 79.9. The van der Waals surface area contributed by atoms with Crippen LogP contribution >= 0.6 is 15.9 Å². The number of carbonyl (C=O) groups is 1. The summed E-state index contributed by atoms with van der Waals surface area (Å²) in [5.74, 6) is 1.14. The van der Waals surface area contributed by atoms with Gasteiger partial charge in [-0.3, -0.25) is 4.79 Å². The van der Waals surface area contributed by atoms with Gasteiger partial charge < -0.3 is 9.47 Å². The Hall–Kier alpha value is -1.88. The third-order valence-corrected chi connectivity index (χ3v) is 4.55. The van der Waals surface area contributed by atoms with Gasteiger partial charge in [0.05, 0.1) is 14.2 Å². The summed E-state index contributed by atoms with van der Waals surface area (Å²) in [6.45, 7) is 6.38. The van der Waals surface area contributed by atoms with E-state index in [4.69, 9.17) is 9.47 Å². The molecular weight excluding hydrogens is 358 g/mol. The van der Waals surface area contributed by atoms with E-state index in [2.05, 4.69) is 28.9 Å². The van der Waals surface area contributed by atoms with Gasteiger partial charge in [-0.25, -0.2) is 0 Å². The molecule has 5 heteroatoms. The first kappa shape index (κ1) is 17.5. The lowest BCUT2D eigenvalue weighted by Gasteiger charge is -2.11. The minimum atomic E-state index is 0.0101. The molecule has 1 heterocycles. The van der Waals surface area contributed by atoms with E-state index in [-0.39, 0.29) is 12.3 Å². The van der Waals surface area contributed by atoms with Gasteiger partial charge in [0, 0.05) is 28.1 Å². The van der Waals surface area contributed by atoms with E-state index in [1.165, 1.54) is 5.56 Å². The predicted octanol–water partition coefficient (Wildman–Crippen LogP) is 3.56. The summed E-state index contributed by atoms with van der Waals surface area (Å²) in [7, 11) is 3.13. The van der Waals surface area contributed by atoms with Crippen molar-refractivity contribution in [3.63, 3.8) is 0 Å². The molecule has 2 rings (SSSR count). The molecule has 0 fully saturated rings. The van der Waals surface area contributed by atoms with Gasteiger partial charge in [0.25, 0.3) is 0 Å². The summed E-state index contributed by atoms with van der Waals surface area (Å²) in [6, 6.07) is 5.58. The number of benzene rings is 1. The first-order valence-corrected chi connectivity index (χ1v) is 8.08. The first-order chi connectivity index (χ1) is 10.9. The van der Waals surface area contributed by atoms with Crippen molar-refractivity contribution in [3.8, 4) is 11.5 Å². The highest BCUT2D eigenvalue weighted by Gasteiger charge is 2.21. The number of carbonyl (C=O) groups excluding carboxylic acids is 1. The summed E-state index contributed by atoms with van der Waals surface area (Å²) in [5, 5.41) is 0. The standard InChI is InChI=1S/C18H21BrNO3/c1-11-6-12(2)13(3)20(9-11)10-16(21)14-7-17(22-4)18(23-5)8-15(14)19/h6-9H,10H2,1-5H3/q+1. The van der Waals surface area contributed by atoms with E-state index in [1.54, 1.807) is 26.4 Å². The molecule has 0 radical (unpaired) electrons. The molecule has 0 amide bonds. The van der Waals surface area contributed by atoms with E-state index < -0.39 is 0 Å². The maximum atomic E-state index is 12.7. The number of halogens is 1. The number of aryl methyl sites for hydroxylation is 2. The maximum absolute atomic E-state index is 12.7. The molecule has 0 aliphatic heterocycles. The number of ether oxygens (including phenoxy) is 2. The fourth-order valence-corrected chi connectivity index (χ4v) is 3.07. The Morgan fingerprint density at radius 1 is 1.09 bits per heavy atom. The summed E-state index contributed by atoms with van der Waals surface area (Å²) >= 11 is 3.45. The van der Waals surface area contributed by atoms with Gasteiger partial charge in [-0.05, 0) is 48.0 Å². The summed E-state index contributed by atoms with van der Waals surface area (Å²) in [4.78, 5) is 12.7. The lowest BCUT2D eigenvalue weighted by molar-refractivity contribution is -0.689. The second-order valence-electron chi connectivity index (χ2n) is 5.52. The number of nitrogens with zero attached hydrogens (tertiary/aromatic N) is 1. The third kappa shape index (κ3) is 3.72. The van der Waals surface area contributed by atoms with Gasteiger partial charge in [0.1, 0.15) is 0 Å². The summed E-state index contributed by atoms with van der Waals surface area (Å²) in [6.07, 6.45) is 1.99. The lowest BCUT2D eigenvalue weighted by atomic mass is 10.1. The SMILES string of the molecule is COc1cc(Br)c(C(=O)C[n+]2cc(C)cc(C)c2C)cc1OC. The van der Waals surface area contributed by atoms with Crippen LogP contribution in [0.25, 0.3) is 0 Å². The van der Waals surface area contributed by atoms with Crippen LogP contribution in [-0.2, 0) is 6.54 Å². The van der Waals surface area contributed by atoms with E-state index in [0.717, 1.165) is 11.3 Å². The molecule has 0 aliphatic rings. The Morgan fingerprint density at radius 2 is 1.70 bits per heavy atom. The Kier molecular flexibility index (Phi) is 5.42. The molecule has 2 aromatic rings. The fraction of sp³-hybridized carbons (Fsp3) is 0.333. The van der Waals surface area contributed by atoms with Crippen molar-refractivity contribution < 1.29 is 18.8 Å². The zero-order valence-electron chi connectivity index (χ0n) is 14.1. The van der Waals surface area contributed by atoms with Crippen LogP contribution in [0.4, 0.5) is 0 Å². The van der Waals surface area contributed by atoms with Gasteiger partial charge in [0.15, 0.2) is 23.4 Å².